The predicted octanol–water partition coefficient (Wildman–Crippen LogP) is 6.41. The maximum atomic E-state index is 13.2. The first-order valence-corrected chi connectivity index (χ1v) is 13.2. The van der Waals surface area contributed by atoms with Crippen molar-refractivity contribution in [3.05, 3.63) is 116 Å². The lowest BCUT2D eigenvalue weighted by Gasteiger charge is -2.17. The summed E-state index contributed by atoms with van der Waals surface area (Å²) in [4.78, 5) is 37.7. The third-order valence-corrected chi connectivity index (χ3v) is 6.89. The summed E-state index contributed by atoms with van der Waals surface area (Å²) in [5, 5.41) is 19.9. The summed E-state index contributed by atoms with van der Waals surface area (Å²) in [6, 6.07) is 18.6. The van der Waals surface area contributed by atoms with Crippen molar-refractivity contribution in [3.63, 3.8) is 0 Å². The van der Waals surface area contributed by atoms with Crippen LogP contribution >= 0.6 is 11.8 Å². The Kier molecular flexibility index (Phi) is 8.99. The van der Waals surface area contributed by atoms with Crippen LogP contribution < -0.4 is 9.47 Å². The molecule has 10 heteroatoms. The van der Waals surface area contributed by atoms with Crippen molar-refractivity contribution in [3.8, 4) is 17.6 Å². The third-order valence-electron chi connectivity index (χ3n) is 5.99. The van der Waals surface area contributed by atoms with Gasteiger partial charge >= 0.3 is 0 Å². The van der Waals surface area contributed by atoms with Crippen molar-refractivity contribution < 1.29 is 24.0 Å². The van der Waals surface area contributed by atoms with Crippen LogP contribution in [-0.2, 0) is 24.4 Å². The Balaban J connectivity index is 1.61. The number of carbonyl (C=O) groups is 2. The molecule has 3 aromatic carbocycles. The fraction of sp³-hybridized carbons (Fsp3) is 0.167. The highest BCUT2D eigenvalue weighted by molar-refractivity contribution is 8.18. The molecule has 4 rings (SSSR count). The maximum absolute atomic E-state index is 13.2. The van der Waals surface area contributed by atoms with Gasteiger partial charge in [-0.05, 0) is 78.2 Å². The first-order chi connectivity index (χ1) is 19.3. The van der Waals surface area contributed by atoms with Crippen LogP contribution in [0.25, 0.3) is 6.08 Å². The molecule has 1 fully saturated rings. The van der Waals surface area contributed by atoms with Gasteiger partial charge in [-0.2, -0.15) is 5.26 Å². The Bertz CT molecular complexity index is 1540. The van der Waals surface area contributed by atoms with E-state index in [2.05, 4.69) is 12.6 Å². The van der Waals surface area contributed by atoms with Gasteiger partial charge in [0.2, 0.25) is 0 Å². The minimum atomic E-state index is -0.460. The molecule has 0 bridgehead atoms. The standard InChI is InChI=1S/C30H25N3O6S/c1-3-7-22-14-21(15-26(38-4-2)28(22)39-19-20-10-12-25(13-11-20)33(36)37)16-27-29(34)32(30(35)40-27)18-24-9-6-5-8-23(24)17-31/h3,5-6,8-16H,1,4,7,18-19H2,2H3/b27-16+. The highest BCUT2D eigenvalue weighted by Gasteiger charge is 2.35. The summed E-state index contributed by atoms with van der Waals surface area (Å²) in [5.41, 5.74) is 3.14. The van der Waals surface area contributed by atoms with Crippen molar-refractivity contribution in [1.82, 2.24) is 4.90 Å². The van der Waals surface area contributed by atoms with Crippen molar-refractivity contribution in [2.45, 2.75) is 26.5 Å². The van der Waals surface area contributed by atoms with Crippen molar-refractivity contribution >= 4 is 34.7 Å². The van der Waals surface area contributed by atoms with Crippen molar-refractivity contribution in [1.29, 1.82) is 5.26 Å². The van der Waals surface area contributed by atoms with Crippen LogP contribution in [0.3, 0.4) is 0 Å². The molecule has 0 atom stereocenters. The summed E-state index contributed by atoms with van der Waals surface area (Å²) in [6.07, 6.45) is 3.80. The quantitative estimate of drug-likeness (QED) is 0.115. The van der Waals surface area contributed by atoms with E-state index >= 15 is 0 Å². The monoisotopic (exact) mass is 555 g/mol. The van der Waals surface area contributed by atoms with Gasteiger partial charge in [-0.15, -0.1) is 6.58 Å². The molecule has 2 amide bonds. The molecular formula is C30H25N3O6S. The normalized spacial score (nSPS) is 13.8. The highest BCUT2D eigenvalue weighted by Crippen LogP contribution is 2.38. The molecule has 9 nitrogen and oxygen atoms in total. The number of ether oxygens (including phenoxy) is 2. The first kappa shape index (κ1) is 28.1. The van der Waals surface area contributed by atoms with E-state index < -0.39 is 16.1 Å². The second-order valence-electron chi connectivity index (χ2n) is 8.68. The van der Waals surface area contributed by atoms with Crippen LogP contribution in [0.15, 0.2) is 78.2 Å². The Hall–Kier alpha value is -4.88. The molecule has 1 aliphatic heterocycles. The fourth-order valence-electron chi connectivity index (χ4n) is 4.10. The Morgan fingerprint density at radius 2 is 1.85 bits per heavy atom. The molecule has 0 saturated carbocycles. The van der Waals surface area contributed by atoms with Gasteiger partial charge in [0.1, 0.15) is 6.61 Å². The second kappa shape index (κ2) is 12.8. The number of hydrogen-bond acceptors (Lipinski definition) is 8. The maximum Gasteiger partial charge on any atom is 0.293 e. The number of nitriles is 1. The number of carbonyl (C=O) groups excluding carboxylic acids is 2. The number of benzene rings is 3. The summed E-state index contributed by atoms with van der Waals surface area (Å²) in [5.74, 6) is 0.514. The van der Waals surface area contributed by atoms with E-state index in [0.29, 0.717) is 41.2 Å². The Morgan fingerprint density at radius 1 is 1.10 bits per heavy atom. The van der Waals surface area contributed by atoms with Gasteiger partial charge in [0, 0.05) is 17.7 Å². The molecule has 0 unspecified atom stereocenters. The van der Waals surface area contributed by atoms with Gasteiger partial charge in [0.25, 0.3) is 16.8 Å². The van der Waals surface area contributed by atoms with E-state index in [1.807, 2.05) is 13.0 Å². The molecule has 1 heterocycles. The molecule has 202 valence electrons. The second-order valence-corrected chi connectivity index (χ2v) is 9.68. The number of nitro benzene ring substituents is 1. The largest absolute Gasteiger partial charge is 0.490 e. The van der Waals surface area contributed by atoms with Crippen LogP contribution in [0, 0.1) is 21.4 Å². The zero-order valence-corrected chi connectivity index (χ0v) is 22.5. The molecule has 1 aliphatic rings. The summed E-state index contributed by atoms with van der Waals surface area (Å²) < 4.78 is 12.0. The third kappa shape index (κ3) is 6.39. The minimum absolute atomic E-state index is 0.00542. The van der Waals surface area contributed by atoms with Crippen LogP contribution in [0.4, 0.5) is 10.5 Å². The molecular weight excluding hydrogens is 530 g/mol. The van der Waals surface area contributed by atoms with E-state index in [1.54, 1.807) is 54.6 Å². The number of allylic oxidation sites excluding steroid dienone is 1. The number of nitro groups is 1. The highest BCUT2D eigenvalue weighted by atomic mass is 32.2. The molecule has 0 radical (unpaired) electrons. The molecule has 40 heavy (non-hydrogen) atoms. The predicted molar refractivity (Wildman–Crippen MR) is 152 cm³/mol. The summed E-state index contributed by atoms with van der Waals surface area (Å²) in [7, 11) is 0. The number of hydrogen-bond donors (Lipinski definition) is 0. The molecule has 3 aromatic rings. The lowest BCUT2D eigenvalue weighted by atomic mass is 10.0. The van der Waals surface area contributed by atoms with Crippen LogP contribution in [0.1, 0.15) is 34.7 Å². The van der Waals surface area contributed by atoms with Crippen LogP contribution in [0.2, 0.25) is 0 Å². The van der Waals surface area contributed by atoms with Crippen LogP contribution in [0.5, 0.6) is 11.5 Å². The van der Waals surface area contributed by atoms with E-state index in [-0.39, 0.29) is 23.7 Å². The average Bonchev–Trinajstić information content (AvgIpc) is 3.20. The number of amides is 2. The van der Waals surface area contributed by atoms with Gasteiger partial charge < -0.3 is 9.47 Å². The number of thioether (sulfide) groups is 1. The van der Waals surface area contributed by atoms with E-state index in [0.717, 1.165) is 27.8 Å². The SMILES string of the molecule is C=CCc1cc(/C=C2/SC(=O)N(Cc3ccccc3C#N)C2=O)cc(OCC)c1OCc1ccc([N+](=O)[O-])cc1. The molecule has 0 aromatic heterocycles. The average molecular weight is 556 g/mol. The smallest absolute Gasteiger partial charge is 0.293 e. The lowest BCUT2D eigenvalue weighted by Crippen LogP contribution is -2.27. The Labute approximate surface area is 235 Å². The molecule has 0 aliphatic carbocycles. The molecule has 0 N–H and O–H groups in total. The van der Waals surface area contributed by atoms with Gasteiger partial charge in [0.15, 0.2) is 11.5 Å². The first-order valence-electron chi connectivity index (χ1n) is 12.3. The van der Waals surface area contributed by atoms with Crippen molar-refractivity contribution in [2.24, 2.45) is 0 Å². The van der Waals surface area contributed by atoms with E-state index in [9.17, 15) is 25.0 Å². The number of nitrogens with zero attached hydrogens (tertiary/aromatic N) is 3. The molecule has 1 saturated heterocycles. The molecule has 0 spiro atoms. The fourth-order valence-corrected chi connectivity index (χ4v) is 4.93. The van der Waals surface area contributed by atoms with Gasteiger partial charge in [-0.1, -0.05) is 24.3 Å². The topological polar surface area (TPSA) is 123 Å². The summed E-state index contributed by atoms with van der Waals surface area (Å²) >= 11 is 0.838. The Morgan fingerprint density at radius 3 is 2.52 bits per heavy atom. The van der Waals surface area contributed by atoms with Gasteiger partial charge in [0.05, 0.1) is 34.6 Å². The summed E-state index contributed by atoms with van der Waals surface area (Å²) in [6.45, 7) is 6.19. The van der Waals surface area contributed by atoms with E-state index in [4.69, 9.17) is 9.47 Å². The lowest BCUT2D eigenvalue weighted by molar-refractivity contribution is -0.384. The zero-order valence-electron chi connectivity index (χ0n) is 21.7. The number of imide groups is 1. The van der Waals surface area contributed by atoms with E-state index in [1.165, 1.54) is 12.1 Å². The van der Waals surface area contributed by atoms with Crippen molar-refractivity contribution in [2.75, 3.05) is 6.61 Å². The number of non-ortho nitro benzene ring substituents is 1. The van der Waals surface area contributed by atoms with Gasteiger partial charge in [-0.25, -0.2) is 0 Å². The minimum Gasteiger partial charge on any atom is -0.490 e. The zero-order chi connectivity index (χ0) is 28.6. The van der Waals surface area contributed by atoms with Gasteiger partial charge in [-0.3, -0.25) is 24.6 Å². The number of rotatable bonds is 11. The van der Waals surface area contributed by atoms with Crippen LogP contribution in [-0.4, -0.2) is 27.6 Å².